The molecule has 0 bridgehead atoms. The zero-order valence-corrected chi connectivity index (χ0v) is 10.2. The molecule has 1 heterocycles. The van der Waals surface area contributed by atoms with Crippen molar-refractivity contribution >= 4 is 5.69 Å². The fourth-order valence-corrected chi connectivity index (χ4v) is 1.64. The molecule has 1 aromatic heterocycles. The Bertz CT molecular complexity index is 505. The van der Waals surface area contributed by atoms with Gasteiger partial charge in [0.2, 0.25) is 0 Å². The average molecular weight is 231 g/mol. The lowest BCUT2D eigenvalue weighted by molar-refractivity contribution is 0.296. The van der Waals surface area contributed by atoms with Crippen LogP contribution in [-0.2, 0) is 20.1 Å². The van der Waals surface area contributed by atoms with Crippen LogP contribution in [0.5, 0.6) is 5.75 Å². The van der Waals surface area contributed by atoms with E-state index in [1.807, 2.05) is 36.0 Å². The lowest BCUT2D eigenvalue weighted by atomic mass is 10.3. The van der Waals surface area contributed by atoms with E-state index < -0.39 is 0 Å². The van der Waals surface area contributed by atoms with Crippen LogP contribution >= 0.6 is 0 Å². The van der Waals surface area contributed by atoms with Crippen molar-refractivity contribution in [3.8, 4) is 5.75 Å². The molecule has 0 aliphatic heterocycles. The van der Waals surface area contributed by atoms with E-state index in [4.69, 9.17) is 10.5 Å². The number of aromatic nitrogens is 2. The molecule has 0 saturated carbocycles. The number of benzene rings is 1. The summed E-state index contributed by atoms with van der Waals surface area (Å²) in [5, 5.41) is 4.37. The van der Waals surface area contributed by atoms with Gasteiger partial charge in [-0.25, -0.2) is 0 Å². The fourth-order valence-electron chi connectivity index (χ4n) is 1.64. The largest absolute Gasteiger partial charge is 0.485 e. The van der Waals surface area contributed by atoms with Gasteiger partial charge in [-0.15, -0.1) is 0 Å². The van der Waals surface area contributed by atoms with Crippen LogP contribution in [0.15, 0.2) is 30.3 Å². The highest BCUT2D eigenvalue weighted by molar-refractivity contribution is 5.51. The van der Waals surface area contributed by atoms with Gasteiger partial charge in [0, 0.05) is 7.05 Å². The summed E-state index contributed by atoms with van der Waals surface area (Å²) in [7, 11) is 1.92. The summed E-state index contributed by atoms with van der Waals surface area (Å²) in [6.07, 6.45) is 0.932. The van der Waals surface area contributed by atoms with Crippen LogP contribution in [0.4, 0.5) is 5.69 Å². The van der Waals surface area contributed by atoms with Gasteiger partial charge in [-0.05, 0) is 24.6 Å². The molecule has 0 unspecified atom stereocenters. The maximum absolute atomic E-state index is 5.81. The second-order valence-electron chi connectivity index (χ2n) is 3.93. The van der Waals surface area contributed by atoms with Crippen LogP contribution in [-0.4, -0.2) is 9.78 Å². The molecular formula is C13H17N3O. The maximum Gasteiger partial charge on any atom is 0.142 e. The minimum atomic E-state index is 0.484. The predicted octanol–water partition coefficient (Wildman–Crippen LogP) is 2.14. The second kappa shape index (κ2) is 4.91. The summed E-state index contributed by atoms with van der Waals surface area (Å²) in [4.78, 5) is 0. The first kappa shape index (κ1) is 11.5. The normalized spacial score (nSPS) is 10.5. The molecule has 2 rings (SSSR count). The number of nitrogens with two attached hydrogens (primary N) is 1. The number of hydrogen-bond donors (Lipinski definition) is 1. The third-order valence-corrected chi connectivity index (χ3v) is 2.68. The Hall–Kier alpha value is -1.97. The topological polar surface area (TPSA) is 53.1 Å². The van der Waals surface area contributed by atoms with Crippen LogP contribution in [0.1, 0.15) is 18.3 Å². The molecule has 17 heavy (non-hydrogen) atoms. The number of para-hydroxylation sites is 2. The Labute approximate surface area is 101 Å². The highest BCUT2D eigenvalue weighted by Gasteiger charge is 2.05. The summed E-state index contributed by atoms with van der Waals surface area (Å²) in [5.41, 5.74) is 8.59. The molecule has 0 radical (unpaired) electrons. The van der Waals surface area contributed by atoms with Crippen molar-refractivity contribution in [1.82, 2.24) is 9.78 Å². The summed E-state index contributed by atoms with van der Waals surface area (Å²) in [6, 6.07) is 9.55. The molecule has 0 aliphatic rings. The Balaban J connectivity index is 2.07. The summed E-state index contributed by atoms with van der Waals surface area (Å²) < 4.78 is 7.52. The van der Waals surface area contributed by atoms with Gasteiger partial charge < -0.3 is 10.5 Å². The lowest BCUT2D eigenvalue weighted by Gasteiger charge is -2.08. The van der Waals surface area contributed by atoms with Crippen molar-refractivity contribution in [3.05, 3.63) is 41.7 Å². The van der Waals surface area contributed by atoms with E-state index in [1.54, 1.807) is 0 Å². The Morgan fingerprint density at radius 3 is 2.76 bits per heavy atom. The molecule has 0 saturated heterocycles. The van der Waals surface area contributed by atoms with E-state index >= 15 is 0 Å². The molecule has 2 aromatic rings. The van der Waals surface area contributed by atoms with E-state index in [0.717, 1.165) is 17.8 Å². The number of anilines is 1. The molecule has 4 heteroatoms. The quantitative estimate of drug-likeness (QED) is 0.820. The predicted molar refractivity (Wildman–Crippen MR) is 67.8 cm³/mol. The van der Waals surface area contributed by atoms with Crippen LogP contribution in [0, 0.1) is 0 Å². The van der Waals surface area contributed by atoms with Gasteiger partial charge in [0.05, 0.1) is 17.1 Å². The number of rotatable bonds is 4. The van der Waals surface area contributed by atoms with Gasteiger partial charge in [0.25, 0.3) is 0 Å². The maximum atomic E-state index is 5.81. The Kier molecular flexibility index (Phi) is 3.32. The molecule has 90 valence electrons. The van der Waals surface area contributed by atoms with Crippen molar-refractivity contribution in [1.29, 1.82) is 0 Å². The van der Waals surface area contributed by atoms with Crippen LogP contribution in [0.25, 0.3) is 0 Å². The number of aryl methyl sites for hydroxylation is 2. The lowest BCUT2D eigenvalue weighted by Crippen LogP contribution is -2.04. The fraction of sp³-hybridized carbons (Fsp3) is 0.308. The zero-order chi connectivity index (χ0) is 12.3. The third kappa shape index (κ3) is 2.58. The van der Waals surface area contributed by atoms with Crippen LogP contribution in [0.2, 0.25) is 0 Å². The van der Waals surface area contributed by atoms with E-state index in [0.29, 0.717) is 18.0 Å². The van der Waals surface area contributed by atoms with Gasteiger partial charge in [-0.3, -0.25) is 4.68 Å². The van der Waals surface area contributed by atoms with Gasteiger partial charge in [0.15, 0.2) is 0 Å². The Morgan fingerprint density at radius 1 is 1.35 bits per heavy atom. The van der Waals surface area contributed by atoms with E-state index in [-0.39, 0.29) is 0 Å². The van der Waals surface area contributed by atoms with E-state index in [1.165, 1.54) is 0 Å². The molecule has 0 fully saturated rings. The summed E-state index contributed by atoms with van der Waals surface area (Å²) in [5.74, 6) is 0.715. The van der Waals surface area contributed by atoms with E-state index in [2.05, 4.69) is 18.1 Å². The number of ether oxygens (including phenoxy) is 1. The second-order valence-corrected chi connectivity index (χ2v) is 3.93. The molecule has 0 aliphatic carbocycles. The highest BCUT2D eigenvalue weighted by Crippen LogP contribution is 2.21. The van der Waals surface area contributed by atoms with Gasteiger partial charge in [0.1, 0.15) is 12.4 Å². The zero-order valence-electron chi connectivity index (χ0n) is 10.2. The first-order chi connectivity index (χ1) is 8.20. The van der Waals surface area contributed by atoms with Gasteiger partial charge in [-0.2, -0.15) is 5.10 Å². The molecule has 2 N–H and O–H groups in total. The molecule has 0 atom stereocenters. The summed E-state index contributed by atoms with van der Waals surface area (Å²) in [6.45, 7) is 2.57. The standard InChI is InChI=1S/C13H17N3O/c1-3-10-8-11(16(2)15-10)9-17-13-7-5-4-6-12(13)14/h4-8H,3,9,14H2,1-2H3. The summed E-state index contributed by atoms with van der Waals surface area (Å²) >= 11 is 0. The van der Waals surface area contributed by atoms with Gasteiger partial charge in [-0.1, -0.05) is 19.1 Å². The van der Waals surface area contributed by atoms with Crippen LogP contribution < -0.4 is 10.5 Å². The van der Waals surface area contributed by atoms with Gasteiger partial charge >= 0.3 is 0 Å². The monoisotopic (exact) mass is 231 g/mol. The third-order valence-electron chi connectivity index (χ3n) is 2.68. The van der Waals surface area contributed by atoms with E-state index in [9.17, 15) is 0 Å². The Morgan fingerprint density at radius 2 is 2.12 bits per heavy atom. The molecular weight excluding hydrogens is 214 g/mol. The van der Waals surface area contributed by atoms with Crippen molar-refractivity contribution in [3.63, 3.8) is 0 Å². The highest BCUT2D eigenvalue weighted by atomic mass is 16.5. The first-order valence-electron chi connectivity index (χ1n) is 5.69. The first-order valence-corrected chi connectivity index (χ1v) is 5.69. The van der Waals surface area contributed by atoms with Crippen molar-refractivity contribution in [2.75, 3.05) is 5.73 Å². The minimum absolute atomic E-state index is 0.484. The minimum Gasteiger partial charge on any atom is -0.485 e. The molecule has 0 amide bonds. The van der Waals surface area contributed by atoms with Crippen molar-refractivity contribution < 1.29 is 4.74 Å². The molecule has 0 spiro atoms. The number of nitrogens with zero attached hydrogens (tertiary/aromatic N) is 2. The van der Waals surface area contributed by atoms with Crippen molar-refractivity contribution in [2.45, 2.75) is 20.0 Å². The smallest absolute Gasteiger partial charge is 0.142 e. The van der Waals surface area contributed by atoms with Crippen LogP contribution in [0.3, 0.4) is 0 Å². The molecule has 4 nitrogen and oxygen atoms in total. The number of nitrogen functional groups attached to an aromatic ring is 1. The van der Waals surface area contributed by atoms with Crippen molar-refractivity contribution in [2.24, 2.45) is 7.05 Å². The molecule has 1 aromatic carbocycles. The number of hydrogen-bond acceptors (Lipinski definition) is 3. The average Bonchev–Trinajstić information content (AvgIpc) is 2.69. The SMILES string of the molecule is CCc1cc(COc2ccccc2N)n(C)n1.